The maximum Gasteiger partial charge on any atom is 0.450 e. The molecule has 2 heterocycles. The van der Waals surface area contributed by atoms with Gasteiger partial charge in [0, 0.05) is 21.8 Å². The highest BCUT2D eigenvalue weighted by Crippen LogP contribution is 2.41. The van der Waals surface area contributed by atoms with E-state index in [-0.39, 0.29) is 28.0 Å². The van der Waals surface area contributed by atoms with Crippen molar-refractivity contribution in [1.29, 1.82) is 0 Å². The lowest BCUT2D eigenvalue weighted by Gasteiger charge is -2.14. The zero-order valence-corrected chi connectivity index (χ0v) is 18.0. The minimum atomic E-state index is -4.97. The summed E-state index contributed by atoms with van der Waals surface area (Å²) in [5.74, 6) is -1.48. The second kappa shape index (κ2) is 8.07. The molecule has 0 N–H and O–H groups in total. The van der Waals surface area contributed by atoms with E-state index in [1.807, 2.05) is 0 Å². The summed E-state index contributed by atoms with van der Waals surface area (Å²) in [6.45, 7) is 0. The van der Waals surface area contributed by atoms with Gasteiger partial charge < -0.3 is 13.9 Å². The molecule has 0 atom stereocenters. The number of hydrogen-bond acceptors (Lipinski definition) is 5. The molecule has 0 aliphatic carbocycles. The summed E-state index contributed by atoms with van der Waals surface area (Å²) in [5, 5.41) is 4.57. The van der Waals surface area contributed by atoms with Crippen LogP contribution in [-0.4, -0.2) is 24.0 Å². The Balaban J connectivity index is 2.00. The van der Waals surface area contributed by atoms with Gasteiger partial charge in [-0.1, -0.05) is 23.2 Å². The highest BCUT2D eigenvalue weighted by molar-refractivity contribution is 6.34. The van der Waals surface area contributed by atoms with Crippen LogP contribution in [0.4, 0.5) is 13.2 Å². The van der Waals surface area contributed by atoms with Gasteiger partial charge in [0.15, 0.2) is 11.3 Å². The van der Waals surface area contributed by atoms with Crippen molar-refractivity contribution in [2.75, 3.05) is 14.2 Å². The lowest BCUT2D eigenvalue weighted by Crippen LogP contribution is -2.16. The molecular formula is C21H13Cl2F3N2O4. The van der Waals surface area contributed by atoms with E-state index < -0.39 is 22.9 Å². The minimum Gasteiger partial charge on any atom is -0.493 e. The quantitative estimate of drug-likeness (QED) is 0.356. The van der Waals surface area contributed by atoms with Crippen molar-refractivity contribution >= 4 is 34.2 Å². The van der Waals surface area contributed by atoms with E-state index in [0.29, 0.717) is 15.7 Å². The summed E-state index contributed by atoms with van der Waals surface area (Å²) >= 11 is 12.0. The Hall–Kier alpha value is -3.17. The van der Waals surface area contributed by atoms with Crippen molar-refractivity contribution in [3.8, 4) is 28.3 Å². The molecule has 32 heavy (non-hydrogen) atoms. The summed E-state index contributed by atoms with van der Waals surface area (Å²) in [5.41, 5.74) is -1.65. The molecule has 0 saturated carbocycles. The number of hydrogen-bond donors (Lipinski definition) is 0. The third kappa shape index (κ3) is 3.78. The van der Waals surface area contributed by atoms with Crippen LogP contribution in [0.15, 0.2) is 51.9 Å². The molecule has 0 aliphatic rings. The van der Waals surface area contributed by atoms with Crippen LogP contribution in [0.2, 0.25) is 10.0 Å². The standard InChI is InChI=1S/C21H13Cl2F3N2O4/c1-30-15-4-3-14-17(29)16(20(21(24,25)26)32-18(14)19(15)31-2)10-8-27-28(9-10)13-6-11(22)5-12(23)7-13/h3-9H,1-2H3. The third-order valence-corrected chi connectivity index (χ3v) is 5.08. The van der Waals surface area contributed by atoms with Crippen LogP contribution in [0.25, 0.3) is 27.8 Å². The third-order valence-electron chi connectivity index (χ3n) is 4.64. The Morgan fingerprint density at radius 3 is 2.34 bits per heavy atom. The molecule has 6 nitrogen and oxygen atoms in total. The molecule has 0 unspecified atom stereocenters. The van der Waals surface area contributed by atoms with Crippen LogP contribution in [0.1, 0.15) is 5.76 Å². The topological polar surface area (TPSA) is 66.5 Å². The van der Waals surface area contributed by atoms with E-state index in [0.717, 1.165) is 6.20 Å². The maximum atomic E-state index is 13.9. The molecule has 2 aromatic carbocycles. The maximum absolute atomic E-state index is 13.9. The first-order chi connectivity index (χ1) is 15.1. The number of halogens is 5. The molecule has 166 valence electrons. The Kier molecular flexibility index (Phi) is 5.56. The zero-order valence-electron chi connectivity index (χ0n) is 16.5. The monoisotopic (exact) mass is 484 g/mol. The van der Waals surface area contributed by atoms with Crippen molar-refractivity contribution in [3.63, 3.8) is 0 Å². The lowest BCUT2D eigenvalue weighted by molar-refractivity contribution is -0.152. The van der Waals surface area contributed by atoms with Crippen LogP contribution in [0, 0.1) is 0 Å². The first kappa shape index (κ1) is 22.0. The van der Waals surface area contributed by atoms with Crippen LogP contribution in [0.5, 0.6) is 11.5 Å². The fourth-order valence-electron chi connectivity index (χ4n) is 3.30. The SMILES string of the molecule is COc1ccc2c(=O)c(-c3cnn(-c4cc(Cl)cc(Cl)c4)c3)c(C(F)(F)F)oc2c1OC. The van der Waals surface area contributed by atoms with Gasteiger partial charge in [-0.3, -0.25) is 4.79 Å². The average Bonchev–Trinajstić information content (AvgIpc) is 3.21. The van der Waals surface area contributed by atoms with Crippen LogP contribution >= 0.6 is 23.2 Å². The van der Waals surface area contributed by atoms with E-state index in [4.69, 9.17) is 37.1 Å². The van der Waals surface area contributed by atoms with Crippen molar-refractivity contribution in [2.45, 2.75) is 6.18 Å². The van der Waals surface area contributed by atoms with Gasteiger partial charge in [-0.25, -0.2) is 4.68 Å². The lowest BCUT2D eigenvalue weighted by atomic mass is 10.0. The van der Waals surface area contributed by atoms with E-state index in [1.54, 1.807) is 0 Å². The zero-order chi connectivity index (χ0) is 23.2. The highest BCUT2D eigenvalue weighted by atomic mass is 35.5. The summed E-state index contributed by atoms with van der Waals surface area (Å²) in [4.78, 5) is 13.2. The first-order valence-corrected chi connectivity index (χ1v) is 9.70. The highest BCUT2D eigenvalue weighted by Gasteiger charge is 2.40. The van der Waals surface area contributed by atoms with Crippen LogP contribution in [-0.2, 0) is 6.18 Å². The van der Waals surface area contributed by atoms with Crippen LogP contribution < -0.4 is 14.9 Å². The van der Waals surface area contributed by atoms with Gasteiger partial charge in [0.1, 0.15) is 0 Å². The molecular weight excluding hydrogens is 472 g/mol. The molecule has 0 bridgehead atoms. The second-order valence-electron chi connectivity index (χ2n) is 6.61. The molecule has 0 aliphatic heterocycles. The predicted molar refractivity (Wildman–Crippen MR) is 113 cm³/mol. The molecule has 4 rings (SSSR count). The average molecular weight is 485 g/mol. The van der Waals surface area contributed by atoms with E-state index in [2.05, 4.69) is 5.10 Å². The molecule has 4 aromatic rings. The summed E-state index contributed by atoms with van der Waals surface area (Å²) in [6, 6.07) is 7.27. The van der Waals surface area contributed by atoms with Gasteiger partial charge in [-0.2, -0.15) is 18.3 Å². The molecule has 2 aromatic heterocycles. The molecule has 0 fully saturated rings. The van der Waals surface area contributed by atoms with E-state index >= 15 is 0 Å². The Labute approximate surface area is 188 Å². The molecule has 11 heteroatoms. The number of rotatable bonds is 4. The normalized spacial score (nSPS) is 11.7. The van der Waals surface area contributed by atoms with E-state index in [1.165, 1.54) is 55.4 Å². The fraction of sp³-hybridized carbons (Fsp3) is 0.143. The summed E-state index contributed by atoms with van der Waals surface area (Å²) in [7, 11) is 2.55. The Morgan fingerprint density at radius 2 is 1.75 bits per heavy atom. The van der Waals surface area contributed by atoms with E-state index in [9.17, 15) is 18.0 Å². The van der Waals surface area contributed by atoms with Gasteiger partial charge in [0.05, 0.1) is 37.1 Å². The van der Waals surface area contributed by atoms with Gasteiger partial charge in [0.25, 0.3) is 0 Å². The van der Waals surface area contributed by atoms with Gasteiger partial charge in [-0.15, -0.1) is 0 Å². The molecule has 0 amide bonds. The Bertz CT molecular complexity index is 1380. The summed E-state index contributed by atoms with van der Waals surface area (Å²) < 4.78 is 58.5. The van der Waals surface area contributed by atoms with Gasteiger partial charge in [0.2, 0.25) is 16.9 Å². The number of benzene rings is 2. The fourth-order valence-corrected chi connectivity index (χ4v) is 3.81. The summed E-state index contributed by atoms with van der Waals surface area (Å²) in [6.07, 6.45) is -2.59. The molecule has 0 saturated heterocycles. The number of methoxy groups -OCH3 is 2. The van der Waals surface area contributed by atoms with Crippen LogP contribution in [0.3, 0.4) is 0 Å². The van der Waals surface area contributed by atoms with Crippen molar-refractivity contribution < 1.29 is 27.1 Å². The minimum absolute atomic E-state index is 0.0983. The Morgan fingerprint density at radius 1 is 1.06 bits per heavy atom. The molecule has 0 radical (unpaired) electrons. The number of fused-ring (bicyclic) bond motifs is 1. The van der Waals surface area contributed by atoms with Crippen molar-refractivity contribution in [3.05, 3.63) is 68.8 Å². The largest absolute Gasteiger partial charge is 0.493 e. The molecule has 0 spiro atoms. The first-order valence-electron chi connectivity index (χ1n) is 8.94. The number of alkyl halides is 3. The number of ether oxygens (including phenoxy) is 2. The van der Waals surface area contributed by atoms with Crippen molar-refractivity contribution in [2.24, 2.45) is 0 Å². The second-order valence-corrected chi connectivity index (χ2v) is 7.48. The number of nitrogens with zero attached hydrogens (tertiary/aromatic N) is 2. The predicted octanol–water partition coefficient (Wildman–Crippen LogP) is 5.99. The smallest absolute Gasteiger partial charge is 0.450 e. The number of aromatic nitrogens is 2. The van der Waals surface area contributed by atoms with Crippen molar-refractivity contribution in [1.82, 2.24) is 9.78 Å². The van der Waals surface area contributed by atoms with Gasteiger partial charge in [-0.05, 0) is 30.3 Å². The van der Waals surface area contributed by atoms with Gasteiger partial charge >= 0.3 is 6.18 Å².